The van der Waals surface area contributed by atoms with E-state index in [2.05, 4.69) is 18.2 Å². The summed E-state index contributed by atoms with van der Waals surface area (Å²) < 4.78 is 5.13. The van der Waals surface area contributed by atoms with Crippen molar-refractivity contribution in [2.75, 3.05) is 0 Å². The summed E-state index contributed by atoms with van der Waals surface area (Å²) >= 11 is 0. The van der Waals surface area contributed by atoms with E-state index in [0.29, 0.717) is 0 Å². The Morgan fingerprint density at radius 1 is 1.00 bits per heavy atom. The van der Waals surface area contributed by atoms with Crippen LogP contribution in [-0.4, -0.2) is 11.0 Å². The lowest BCUT2D eigenvalue weighted by atomic mass is 10.0. The van der Waals surface area contributed by atoms with Crippen molar-refractivity contribution in [1.82, 2.24) is 4.98 Å². The number of ether oxygens (including phenoxy) is 1. The highest BCUT2D eigenvalue weighted by Crippen LogP contribution is 2.21. The smallest absolute Gasteiger partial charge is 0.302 e. The van der Waals surface area contributed by atoms with Crippen LogP contribution in [-0.2, 0) is 16.1 Å². The van der Waals surface area contributed by atoms with E-state index in [1.807, 2.05) is 55.5 Å². The van der Waals surface area contributed by atoms with Crippen molar-refractivity contribution in [2.45, 2.75) is 20.5 Å². The summed E-state index contributed by atoms with van der Waals surface area (Å²) in [5.74, 6) is -0.276. The Kier molecular flexibility index (Phi) is 4.71. The average Bonchev–Trinajstić information content (AvgIpc) is 2.60. The van der Waals surface area contributed by atoms with Crippen LogP contribution in [0.2, 0.25) is 0 Å². The van der Waals surface area contributed by atoms with E-state index < -0.39 is 0 Å². The van der Waals surface area contributed by atoms with Gasteiger partial charge in [-0.15, -0.1) is 0 Å². The van der Waals surface area contributed by atoms with Gasteiger partial charge in [-0.2, -0.15) is 0 Å². The van der Waals surface area contributed by atoms with Crippen LogP contribution < -0.4 is 0 Å². The molecule has 3 aromatic rings. The lowest BCUT2D eigenvalue weighted by Gasteiger charge is -2.08. The van der Waals surface area contributed by atoms with E-state index in [1.165, 1.54) is 6.92 Å². The molecule has 0 amide bonds. The summed E-state index contributed by atoms with van der Waals surface area (Å²) in [6.45, 7) is 3.74. The molecule has 0 unspecified atom stereocenters. The van der Waals surface area contributed by atoms with Crippen LogP contribution >= 0.6 is 0 Å². The van der Waals surface area contributed by atoms with Gasteiger partial charge >= 0.3 is 5.97 Å². The second-order valence-electron chi connectivity index (χ2n) is 5.70. The van der Waals surface area contributed by atoms with E-state index in [9.17, 15) is 4.79 Å². The van der Waals surface area contributed by atoms with Gasteiger partial charge in [0.15, 0.2) is 0 Å². The Hall–Kier alpha value is -2.94. The molecule has 0 spiro atoms. The van der Waals surface area contributed by atoms with E-state index in [-0.39, 0.29) is 12.6 Å². The SMILES string of the molecule is CC(=O)OCc1ccccc1/C=C(\C)c1ccc2ccccc2n1. The topological polar surface area (TPSA) is 39.2 Å². The van der Waals surface area contributed by atoms with Crippen molar-refractivity contribution >= 4 is 28.5 Å². The van der Waals surface area contributed by atoms with Crippen LogP contribution in [0, 0.1) is 0 Å². The highest BCUT2D eigenvalue weighted by Gasteiger charge is 2.05. The maximum atomic E-state index is 11.0. The van der Waals surface area contributed by atoms with E-state index in [0.717, 1.165) is 33.3 Å². The summed E-state index contributed by atoms with van der Waals surface area (Å²) in [6.07, 6.45) is 2.08. The summed E-state index contributed by atoms with van der Waals surface area (Å²) in [6, 6.07) is 20.1. The molecule has 0 N–H and O–H groups in total. The number of aromatic nitrogens is 1. The van der Waals surface area contributed by atoms with Crippen LogP contribution in [0.4, 0.5) is 0 Å². The second-order valence-corrected chi connectivity index (χ2v) is 5.70. The fourth-order valence-electron chi connectivity index (χ4n) is 2.58. The molecule has 3 rings (SSSR count). The van der Waals surface area contributed by atoms with E-state index in [1.54, 1.807) is 0 Å². The number of fused-ring (bicyclic) bond motifs is 1. The molecule has 0 saturated carbocycles. The fourth-order valence-corrected chi connectivity index (χ4v) is 2.58. The van der Waals surface area contributed by atoms with Crippen LogP contribution in [0.5, 0.6) is 0 Å². The zero-order chi connectivity index (χ0) is 16.9. The Morgan fingerprint density at radius 3 is 2.58 bits per heavy atom. The van der Waals surface area contributed by atoms with Gasteiger partial charge in [0.05, 0.1) is 11.2 Å². The summed E-state index contributed by atoms with van der Waals surface area (Å²) in [4.78, 5) is 15.8. The molecule has 2 aromatic carbocycles. The van der Waals surface area contributed by atoms with Gasteiger partial charge in [0.25, 0.3) is 0 Å². The minimum Gasteiger partial charge on any atom is -0.461 e. The van der Waals surface area contributed by atoms with Gasteiger partial charge in [0.2, 0.25) is 0 Å². The zero-order valence-corrected chi connectivity index (χ0v) is 13.8. The quantitative estimate of drug-likeness (QED) is 0.645. The zero-order valence-electron chi connectivity index (χ0n) is 13.8. The standard InChI is InChI=1S/C21H19NO2/c1-15(20-12-11-17-7-5-6-10-21(17)22-20)13-18-8-3-4-9-19(18)14-24-16(2)23/h3-13H,14H2,1-2H3/b15-13+. The third-order valence-electron chi connectivity index (χ3n) is 3.86. The van der Waals surface area contributed by atoms with Gasteiger partial charge in [0.1, 0.15) is 6.61 Å². The summed E-state index contributed by atoms with van der Waals surface area (Å²) in [7, 11) is 0. The second kappa shape index (κ2) is 7.09. The molecule has 0 fully saturated rings. The number of pyridine rings is 1. The lowest BCUT2D eigenvalue weighted by Crippen LogP contribution is -2.00. The van der Waals surface area contributed by atoms with Gasteiger partial charge < -0.3 is 4.74 Å². The fraction of sp³-hybridized carbons (Fsp3) is 0.143. The van der Waals surface area contributed by atoms with Crippen molar-refractivity contribution in [2.24, 2.45) is 0 Å². The Labute approximate surface area is 141 Å². The third-order valence-corrected chi connectivity index (χ3v) is 3.86. The molecule has 0 aliphatic carbocycles. The number of allylic oxidation sites excluding steroid dienone is 1. The number of hydrogen-bond donors (Lipinski definition) is 0. The molecule has 0 aliphatic heterocycles. The van der Waals surface area contributed by atoms with Crippen LogP contribution in [0.15, 0.2) is 60.7 Å². The van der Waals surface area contributed by atoms with Gasteiger partial charge in [-0.1, -0.05) is 48.5 Å². The number of nitrogens with zero attached hydrogens (tertiary/aromatic N) is 1. The molecule has 24 heavy (non-hydrogen) atoms. The maximum Gasteiger partial charge on any atom is 0.302 e. The highest BCUT2D eigenvalue weighted by molar-refractivity contribution is 5.84. The van der Waals surface area contributed by atoms with Gasteiger partial charge in [0, 0.05) is 12.3 Å². The lowest BCUT2D eigenvalue weighted by molar-refractivity contribution is -0.142. The first-order valence-corrected chi connectivity index (χ1v) is 7.89. The number of benzene rings is 2. The van der Waals surface area contributed by atoms with Gasteiger partial charge in [-0.05, 0) is 41.8 Å². The molecule has 0 aliphatic rings. The normalized spacial score (nSPS) is 11.5. The molecule has 3 nitrogen and oxygen atoms in total. The minimum atomic E-state index is -0.276. The molecule has 0 bridgehead atoms. The first-order chi connectivity index (χ1) is 11.6. The average molecular weight is 317 g/mol. The predicted octanol–water partition coefficient (Wildman–Crippen LogP) is 4.86. The summed E-state index contributed by atoms with van der Waals surface area (Å²) in [5, 5.41) is 1.13. The molecule has 1 aromatic heterocycles. The minimum absolute atomic E-state index is 0.276. The third kappa shape index (κ3) is 3.69. The molecular formula is C21H19NO2. The molecule has 0 saturated heterocycles. The Bertz CT molecular complexity index is 912. The number of carbonyl (C=O) groups excluding carboxylic acids is 1. The number of carbonyl (C=O) groups is 1. The number of para-hydroxylation sites is 1. The number of rotatable bonds is 4. The molecule has 3 heteroatoms. The van der Waals surface area contributed by atoms with Crippen LogP contribution in [0.1, 0.15) is 30.7 Å². The van der Waals surface area contributed by atoms with Crippen LogP contribution in [0.25, 0.3) is 22.6 Å². The van der Waals surface area contributed by atoms with Crippen molar-refractivity contribution in [3.05, 3.63) is 77.5 Å². The highest BCUT2D eigenvalue weighted by atomic mass is 16.5. The first-order valence-electron chi connectivity index (χ1n) is 7.89. The number of hydrogen-bond acceptors (Lipinski definition) is 3. The molecule has 1 heterocycles. The molecule has 120 valence electrons. The molecule has 0 atom stereocenters. The molecular weight excluding hydrogens is 298 g/mol. The van der Waals surface area contributed by atoms with Gasteiger partial charge in [-0.3, -0.25) is 4.79 Å². The van der Waals surface area contributed by atoms with E-state index >= 15 is 0 Å². The van der Waals surface area contributed by atoms with Crippen molar-refractivity contribution in [1.29, 1.82) is 0 Å². The largest absolute Gasteiger partial charge is 0.461 e. The predicted molar refractivity (Wildman–Crippen MR) is 97.2 cm³/mol. The van der Waals surface area contributed by atoms with Crippen molar-refractivity contribution in [3.8, 4) is 0 Å². The van der Waals surface area contributed by atoms with Crippen LogP contribution in [0.3, 0.4) is 0 Å². The first kappa shape index (κ1) is 15.9. The van der Waals surface area contributed by atoms with Crippen molar-refractivity contribution < 1.29 is 9.53 Å². The van der Waals surface area contributed by atoms with E-state index in [4.69, 9.17) is 9.72 Å². The van der Waals surface area contributed by atoms with Crippen molar-refractivity contribution in [3.63, 3.8) is 0 Å². The molecule has 0 radical (unpaired) electrons. The monoisotopic (exact) mass is 317 g/mol. The maximum absolute atomic E-state index is 11.0. The Balaban J connectivity index is 1.93. The Morgan fingerprint density at radius 2 is 1.75 bits per heavy atom. The number of esters is 1. The summed E-state index contributed by atoms with van der Waals surface area (Å²) in [5.41, 5.74) is 5.00. The van der Waals surface area contributed by atoms with Gasteiger partial charge in [-0.25, -0.2) is 4.98 Å².